The maximum absolute atomic E-state index is 13.0. The molecule has 0 fully saturated rings. The molecule has 0 heterocycles. The Morgan fingerprint density at radius 1 is 0.257 bits per heavy atom. The van der Waals surface area contributed by atoms with Crippen LogP contribution in [0.2, 0.25) is 0 Å². The molecule has 16 nitrogen and oxygen atoms in total. The molecule has 0 rings (SSSR count). The number of phosphoric acid groups is 2. The quantitative estimate of drug-likeness (QED) is 0.0146. The van der Waals surface area contributed by atoms with Crippen molar-refractivity contribution in [1.29, 1.82) is 0 Å². The van der Waals surface area contributed by atoms with Gasteiger partial charge in [-0.25, -0.2) is 9.13 Å². The zero-order valence-electron chi connectivity index (χ0n) is 67.4. The highest BCUT2D eigenvalue weighted by Crippen LogP contribution is 2.45. The predicted octanol–water partition coefficient (Wildman–Crippen LogP) is 24.9. The number of esters is 3. The van der Waals surface area contributed by atoms with Crippen molar-refractivity contribution in [3.05, 3.63) is 207 Å². The predicted molar refractivity (Wildman–Crippen MR) is 454 cm³/mol. The number of allylic oxidation sites excluding steroid dienone is 34. The molecule has 0 aliphatic carbocycles. The van der Waals surface area contributed by atoms with E-state index in [9.17, 15) is 43.5 Å². The van der Waals surface area contributed by atoms with Crippen molar-refractivity contribution >= 4 is 33.6 Å². The molecule has 0 radical (unpaired) electrons. The van der Waals surface area contributed by atoms with Gasteiger partial charge in [-0.3, -0.25) is 32.5 Å². The summed E-state index contributed by atoms with van der Waals surface area (Å²) in [5, 5.41) is 20.7. The second kappa shape index (κ2) is 81.6. The van der Waals surface area contributed by atoms with E-state index in [1.807, 2.05) is 0 Å². The van der Waals surface area contributed by atoms with E-state index < -0.39 is 91.5 Å². The number of carbonyl (C=O) groups excluding carboxylic acids is 3. The van der Waals surface area contributed by atoms with Crippen molar-refractivity contribution in [3.63, 3.8) is 0 Å². The van der Waals surface area contributed by atoms with Crippen LogP contribution in [0.1, 0.15) is 290 Å². The standard InChI is InChI=1S/C91H146O16P2/c1-4-7-10-13-16-19-22-25-28-31-34-37-39-41-42-44-46-48-50-53-56-59-62-65-68-71-74-77-89(94)101-80-86(92)81-103-108(97,98)104-82-87(93)83-105-109(99,100)106-85-88(107-91(96)79-76-73-70-67-64-61-58-55-52-47-36-33-30-27-24-21-18-15-12-9-6-3)84-102-90(95)78-75-72-69-66-63-60-57-54-51-49-45-43-40-38-35-32-29-26-23-20-17-14-11-8-5-2/h7-12,16-21,25-30,34-38,41-43,45-48,55,58,64,67,86-88,92-93H,4-6,13-15,22-24,31-33,39-40,44,49-54,56-57,59-63,65-66,68-85H2,1-3H3,(H,97,98)(H,99,100)/b10-7-,11-8-,12-9-,19-16-,20-17-,21-18-,28-25-,29-26-,30-27-,37-34-,38-35-,42-41-,45-43-,47-36-,48-46-,58-55-,67-64-. The molecule has 0 bridgehead atoms. The normalized spacial score (nSPS) is 15.0. The van der Waals surface area contributed by atoms with Gasteiger partial charge in [-0.15, -0.1) is 0 Å². The van der Waals surface area contributed by atoms with Gasteiger partial charge in [0.25, 0.3) is 0 Å². The molecule has 0 spiro atoms. The van der Waals surface area contributed by atoms with Crippen LogP contribution in [-0.2, 0) is 55.8 Å². The van der Waals surface area contributed by atoms with Gasteiger partial charge in [0.05, 0.1) is 26.4 Å². The Morgan fingerprint density at radius 2 is 0.459 bits per heavy atom. The first kappa shape index (κ1) is 103. The van der Waals surface area contributed by atoms with Gasteiger partial charge in [-0.1, -0.05) is 311 Å². The van der Waals surface area contributed by atoms with Crippen molar-refractivity contribution in [2.75, 3.05) is 39.6 Å². The van der Waals surface area contributed by atoms with E-state index in [4.69, 9.17) is 32.3 Å². The van der Waals surface area contributed by atoms with Crippen LogP contribution >= 0.6 is 15.6 Å². The highest BCUT2D eigenvalue weighted by Gasteiger charge is 2.29. The highest BCUT2D eigenvalue weighted by molar-refractivity contribution is 7.47. The lowest BCUT2D eigenvalue weighted by Gasteiger charge is -2.21. The zero-order chi connectivity index (χ0) is 79.4. The Kier molecular flexibility index (Phi) is 77.2. The Labute approximate surface area is 660 Å². The van der Waals surface area contributed by atoms with Gasteiger partial charge in [0.1, 0.15) is 25.4 Å². The van der Waals surface area contributed by atoms with Crippen LogP contribution in [0.15, 0.2) is 207 Å². The van der Waals surface area contributed by atoms with Crippen molar-refractivity contribution < 1.29 is 75.8 Å². The van der Waals surface area contributed by atoms with Crippen molar-refractivity contribution in [3.8, 4) is 0 Å². The maximum atomic E-state index is 13.0. The largest absolute Gasteiger partial charge is 0.472 e. The number of phosphoric ester groups is 2. The first-order valence-corrected chi connectivity index (χ1v) is 44.4. The molecular weight excluding hydrogens is 1410 g/mol. The first-order valence-electron chi connectivity index (χ1n) is 41.4. The molecule has 0 aromatic heterocycles. The van der Waals surface area contributed by atoms with Crippen LogP contribution in [-0.4, -0.2) is 95.9 Å². The summed E-state index contributed by atoms with van der Waals surface area (Å²) in [5.74, 6) is -1.65. The Hall–Kier alpha value is -5.87. The second-order valence-electron chi connectivity index (χ2n) is 26.8. The lowest BCUT2D eigenvalue weighted by Crippen LogP contribution is -2.30. The fourth-order valence-corrected chi connectivity index (χ4v) is 11.9. The lowest BCUT2D eigenvalue weighted by atomic mass is 10.1. The number of unbranched alkanes of at least 4 members (excludes halogenated alkanes) is 19. The highest BCUT2D eigenvalue weighted by atomic mass is 31.2. The SMILES string of the molecule is CC/C=C\C/C=C\C/C=C\C/C=C\C/C=C\C/C=C\CCCCCCCCCCC(=O)OCC(O)COP(=O)(O)OCC(O)COP(=O)(O)OCC(COC(=O)CCCCCCCCCCC/C=C\C/C=C\C/C=C\C/C=C\C/C=C\CC)OC(=O)CCCC/C=C\C/C=C\C/C=C\C/C=C\C/C=C\C/C=C\CC. The summed E-state index contributed by atoms with van der Waals surface area (Å²) < 4.78 is 61.2. The van der Waals surface area contributed by atoms with Crippen LogP contribution in [0, 0.1) is 0 Å². The van der Waals surface area contributed by atoms with Crippen LogP contribution in [0.25, 0.3) is 0 Å². The van der Waals surface area contributed by atoms with Gasteiger partial charge in [0, 0.05) is 19.3 Å². The summed E-state index contributed by atoms with van der Waals surface area (Å²) in [6.07, 6.45) is 109. The molecule has 5 atom stereocenters. The van der Waals surface area contributed by atoms with Crippen LogP contribution in [0.5, 0.6) is 0 Å². The molecule has 5 unspecified atom stereocenters. The number of ether oxygens (including phenoxy) is 3. The third-order valence-electron chi connectivity index (χ3n) is 16.5. The summed E-state index contributed by atoms with van der Waals surface area (Å²) in [4.78, 5) is 58.8. The molecule has 0 amide bonds. The molecule has 18 heteroatoms. The summed E-state index contributed by atoms with van der Waals surface area (Å²) in [6, 6.07) is 0. The van der Waals surface area contributed by atoms with Gasteiger partial charge >= 0.3 is 33.6 Å². The number of aliphatic hydroxyl groups is 2. The molecule has 0 aliphatic rings. The van der Waals surface area contributed by atoms with E-state index in [0.717, 1.165) is 180 Å². The Morgan fingerprint density at radius 3 is 0.743 bits per heavy atom. The van der Waals surface area contributed by atoms with Crippen molar-refractivity contribution in [2.45, 2.75) is 309 Å². The molecule has 0 saturated heterocycles. The number of hydrogen-bond acceptors (Lipinski definition) is 14. The third kappa shape index (κ3) is 82.9. The van der Waals surface area contributed by atoms with E-state index in [1.54, 1.807) is 0 Å². The molecule has 109 heavy (non-hydrogen) atoms. The van der Waals surface area contributed by atoms with E-state index in [-0.39, 0.29) is 19.3 Å². The van der Waals surface area contributed by atoms with Gasteiger partial charge in [0.2, 0.25) is 0 Å². The lowest BCUT2D eigenvalue weighted by molar-refractivity contribution is -0.161. The van der Waals surface area contributed by atoms with Crippen molar-refractivity contribution in [1.82, 2.24) is 0 Å². The smallest absolute Gasteiger partial charge is 0.463 e. The molecule has 616 valence electrons. The number of carbonyl (C=O) groups is 3. The number of hydrogen-bond donors (Lipinski definition) is 4. The van der Waals surface area contributed by atoms with E-state index in [0.29, 0.717) is 25.7 Å². The molecule has 4 N–H and O–H groups in total. The Balaban J connectivity index is 4.74. The minimum Gasteiger partial charge on any atom is -0.463 e. The fraction of sp³-hybridized carbons (Fsp3) is 0.593. The maximum Gasteiger partial charge on any atom is 0.472 e. The van der Waals surface area contributed by atoms with Crippen molar-refractivity contribution in [2.24, 2.45) is 0 Å². The zero-order valence-corrected chi connectivity index (χ0v) is 69.2. The second-order valence-corrected chi connectivity index (χ2v) is 29.7. The Bertz CT molecular complexity index is 2810. The van der Waals surface area contributed by atoms with Crippen LogP contribution in [0.4, 0.5) is 0 Å². The van der Waals surface area contributed by atoms with Gasteiger partial charge in [-0.05, 0) is 167 Å². The summed E-state index contributed by atoms with van der Waals surface area (Å²) in [7, 11) is -9.84. The number of aliphatic hydroxyl groups excluding tert-OH is 2. The first-order chi connectivity index (χ1) is 53.2. The molecule has 0 saturated carbocycles. The molecule has 0 aliphatic heterocycles. The molecule has 0 aromatic carbocycles. The van der Waals surface area contributed by atoms with Crippen LogP contribution < -0.4 is 0 Å². The summed E-state index contributed by atoms with van der Waals surface area (Å²) in [6.45, 7) is 2.26. The van der Waals surface area contributed by atoms with Gasteiger partial charge in [-0.2, -0.15) is 0 Å². The fourth-order valence-electron chi connectivity index (χ4n) is 10.3. The van der Waals surface area contributed by atoms with Gasteiger partial charge in [0.15, 0.2) is 6.10 Å². The molecule has 0 aromatic rings. The minimum atomic E-state index is -4.96. The topological polar surface area (TPSA) is 231 Å². The summed E-state index contributed by atoms with van der Waals surface area (Å²) >= 11 is 0. The van der Waals surface area contributed by atoms with Crippen LogP contribution in [0.3, 0.4) is 0 Å². The monoisotopic (exact) mass is 1560 g/mol. The average molecular weight is 1560 g/mol. The van der Waals surface area contributed by atoms with Gasteiger partial charge < -0.3 is 34.2 Å². The average Bonchev–Trinajstić information content (AvgIpc) is 0.902. The minimum absolute atomic E-state index is 0.0395. The third-order valence-corrected chi connectivity index (χ3v) is 18.4. The number of rotatable bonds is 76. The van der Waals surface area contributed by atoms with E-state index in [1.165, 1.54) is 44.9 Å². The molecular formula is C91H146O16P2. The summed E-state index contributed by atoms with van der Waals surface area (Å²) in [5.41, 5.74) is 0. The van der Waals surface area contributed by atoms with E-state index >= 15 is 0 Å². The van der Waals surface area contributed by atoms with E-state index in [2.05, 4.69) is 227 Å².